The number of amides is 1. The molecule has 1 atom stereocenters. The summed E-state index contributed by atoms with van der Waals surface area (Å²) in [5.41, 5.74) is 5.80. The molecular weight excluding hydrogens is 176 g/mol. The van der Waals surface area contributed by atoms with Crippen molar-refractivity contribution >= 4 is 5.91 Å². The number of nitrogens with one attached hydrogen (secondary N) is 1. The fourth-order valence-corrected chi connectivity index (χ4v) is 1.17. The zero-order valence-electron chi connectivity index (χ0n) is 9.47. The second-order valence-corrected chi connectivity index (χ2v) is 3.54. The summed E-state index contributed by atoms with van der Waals surface area (Å²) in [6, 6.07) is 0.272. The molecule has 0 aliphatic heterocycles. The van der Waals surface area contributed by atoms with Crippen LogP contribution in [0.1, 0.15) is 40.0 Å². The molecular formula is C11H22N2O. The second kappa shape index (κ2) is 7.56. The number of nitrogens with two attached hydrogens (primary N) is 1. The van der Waals surface area contributed by atoms with Gasteiger partial charge < -0.3 is 11.1 Å². The van der Waals surface area contributed by atoms with Crippen LogP contribution in [0.3, 0.4) is 0 Å². The van der Waals surface area contributed by atoms with Gasteiger partial charge in [-0.1, -0.05) is 26.3 Å². The average molecular weight is 198 g/mol. The van der Waals surface area contributed by atoms with Crippen molar-refractivity contribution in [1.29, 1.82) is 0 Å². The smallest absolute Gasteiger partial charge is 0.244 e. The van der Waals surface area contributed by atoms with Crippen LogP contribution in [0.5, 0.6) is 0 Å². The van der Waals surface area contributed by atoms with Crippen LogP contribution in [-0.2, 0) is 4.79 Å². The first-order chi connectivity index (χ1) is 6.61. The van der Waals surface area contributed by atoms with Crippen molar-refractivity contribution in [2.45, 2.75) is 46.1 Å². The van der Waals surface area contributed by atoms with Crippen molar-refractivity contribution in [3.63, 3.8) is 0 Å². The lowest BCUT2D eigenvalue weighted by atomic mass is 10.1. The van der Waals surface area contributed by atoms with E-state index in [0.29, 0.717) is 5.57 Å². The van der Waals surface area contributed by atoms with Crippen molar-refractivity contribution in [3.05, 3.63) is 11.6 Å². The summed E-state index contributed by atoms with van der Waals surface area (Å²) in [4.78, 5) is 10.8. The monoisotopic (exact) mass is 198 g/mol. The summed E-state index contributed by atoms with van der Waals surface area (Å²) in [6.45, 7) is 7.01. The Balaban J connectivity index is 4.01. The van der Waals surface area contributed by atoms with E-state index in [1.54, 1.807) is 6.92 Å². The van der Waals surface area contributed by atoms with Gasteiger partial charge in [0.2, 0.25) is 5.91 Å². The maximum absolute atomic E-state index is 10.8. The van der Waals surface area contributed by atoms with Crippen LogP contribution in [-0.4, -0.2) is 18.5 Å². The number of hydrogen-bond donors (Lipinski definition) is 2. The van der Waals surface area contributed by atoms with Gasteiger partial charge in [-0.15, -0.1) is 0 Å². The molecule has 0 aliphatic carbocycles. The fourth-order valence-electron chi connectivity index (χ4n) is 1.17. The highest BCUT2D eigenvalue weighted by atomic mass is 16.1. The maximum Gasteiger partial charge on any atom is 0.244 e. The van der Waals surface area contributed by atoms with E-state index in [1.807, 2.05) is 6.08 Å². The second-order valence-electron chi connectivity index (χ2n) is 3.54. The van der Waals surface area contributed by atoms with Crippen molar-refractivity contribution in [1.82, 2.24) is 5.32 Å². The van der Waals surface area contributed by atoms with E-state index in [2.05, 4.69) is 19.2 Å². The topological polar surface area (TPSA) is 55.1 Å². The van der Waals surface area contributed by atoms with Crippen molar-refractivity contribution in [2.24, 2.45) is 5.73 Å². The molecule has 0 radical (unpaired) electrons. The molecule has 0 aromatic heterocycles. The van der Waals surface area contributed by atoms with Crippen LogP contribution < -0.4 is 11.1 Å². The minimum Gasteiger partial charge on any atom is -0.366 e. The molecule has 0 heterocycles. The minimum atomic E-state index is -0.333. The molecule has 0 saturated heterocycles. The van der Waals surface area contributed by atoms with Gasteiger partial charge in [-0.2, -0.15) is 0 Å². The standard InChI is InChI=1S/C11H22N2O/c1-4-6-7-13-10(5-2)8-9(3)11(12)14/h8,10,13H,4-7H2,1-3H3,(H2,12,14). The van der Waals surface area contributed by atoms with E-state index in [1.165, 1.54) is 12.8 Å². The number of primary amides is 1. The van der Waals surface area contributed by atoms with Gasteiger partial charge in [0.15, 0.2) is 0 Å². The highest BCUT2D eigenvalue weighted by Crippen LogP contribution is 1.99. The quantitative estimate of drug-likeness (QED) is 0.482. The summed E-state index contributed by atoms with van der Waals surface area (Å²) >= 11 is 0. The lowest BCUT2D eigenvalue weighted by Gasteiger charge is -2.13. The molecule has 3 heteroatoms. The summed E-state index contributed by atoms with van der Waals surface area (Å²) in [5, 5.41) is 3.37. The fraction of sp³-hybridized carbons (Fsp3) is 0.727. The normalized spacial score (nSPS) is 14.1. The Bertz CT molecular complexity index is 199. The van der Waals surface area contributed by atoms with Crippen LogP contribution in [0.25, 0.3) is 0 Å². The summed E-state index contributed by atoms with van der Waals surface area (Å²) < 4.78 is 0. The van der Waals surface area contributed by atoms with Crippen molar-refractivity contribution in [2.75, 3.05) is 6.54 Å². The molecule has 1 amide bonds. The van der Waals surface area contributed by atoms with E-state index < -0.39 is 0 Å². The van der Waals surface area contributed by atoms with Gasteiger partial charge in [0, 0.05) is 11.6 Å². The molecule has 0 fully saturated rings. The third-order valence-corrected chi connectivity index (χ3v) is 2.22. The van der Waals surface area contributed by atoms with Gasteiger partial charge in [-0.05, 0) is 26.3 Å². The molecule has 82 valence electrons. The van der Waals surface area contributed by atoms with Gasteiger partial charge in [0.05, 0.1) is 0 Å². The lowest BCUT2D eigenvalue weighted by Crippen LogP contribution is -2.28. The van der Waals surface area contributed by atoms with Gasteiger partial charge >= 0.3 is 0 Å². The van der Waals surface area contributed by atoms with Gasteiger partial charge in [-0.25, -0.2) is 0 Å². The maximum atomic E-state index is 10.8. The lowest BCUT2D eigenvalue weighted by molar-refractivity contribution is -0.114. The summed E-state index contributed by atoms with van der Waals surface area (Å²) in [5.74, 6) is -0.333. The SMILES string of the molecule is CCCCNC(C=C(C)C(N)=O)CC. The van der Waals surface area contributed by atoms with E-state index in [0.717, 1.165) is 13.0 Å². The van der Waals surface area contributed by atoms with Crippen LogP contribution in [0.15, 0.2) is 11.6 Å². The number of rotatable bonds is 7. The molecule has 0 rings (SSSR count). The Hall–Kier alpha value is -0.830. The zero-order chi connectivity index (χ0) is 11.0. The van der Waals surface area contributed by atoms with Crippen LogP contribution in [0.2, 0.25) is 0 Å². The first-order valence-corrected chi connectivity index (χ1v) is 5.33. The van der Waals surface area contributed by atoms with Gasteiger partial charge in [0.1, 0.15) is 0 Å². The number of unbranched alkanes of at least 4 members (excludes halogenated alkanes) is 1. The molecule has 3 nitrogen and oxygen atoms in total. The molecule has 3 N–H and O–H groups in total. The highest BCUT2D eigenvalue weighted by Gasteiger charge is 2.04. The zero-order valence-corrected chi connectivity index (χ0v) is 9.47. The largest absolute Gasteiger partial charge is 0.366 e. The molecule has 0 aromatic rings. The molecule has 0 bridgehead atoms. The minimum absolute atomic E-state index is 0.272. The Kier molecular flexibility index (Phi) is 7.11. The Labute approximate surface area is 86.8 Å². The summed E-state index contributed by atoms with van der Waals surface area (Å²) in [6.07, 6.45) is 5.24. The van der Waals surface area contributed by atoms with Gasteiger partial charge in [0.25, 0.3) is 0 Å². The molecule has 14 heavy (non-hydrogen) atoms. The van der Waals surface area contributed by atoms with E-state index in [4.69, 9.17) is 5.73 Å². The molecule has 0 aliphatic rings. The first-order valence-electron chi connectivity index (χ1n) is 5.33. The van der Waals surface area contributed by atoms with E-state index in [-0.39, 0.29) is 11.9 Å². The molecule has 0 spiro atoms. The first kappa shape index (κ1) is 13.2. The van der Waals surface area contributed by atoms with E-state index in [9.17, 15) is 4.79 Å². The van der Waals surface area contributed by atoms with Crippen LogP contribution >= 0.6 is 0 Å². The summed E-state index contributed by atoms with van der Waals surface area (Å²) in [7, 11) is 0. The Morgan fingerprint density at radius 2 is 2.14 bits per heavy atom. The van der Waals surface area contributed by atoms with E-state index >= 15 is 0 Å². The van der Waals surface area contributed by atoms with Crippen molar-refractivity contribution in [3.8, 4) is 0 Å². The Morgan fingerprint density at radius 1 is 1.50 bits per heavy atom. The predicted molar refractivity (Wildman–Crippen MR) is 59.9 cm³/mol. The highest BCUT2D eigenvalue weighted by molar-refractivity contribution is 5.91. The van der Waals surface area contributed by atoms with Crippen LogP contribution in [0, 0.1) is 0 Å². The van der Waals surface area contributed by atoms with Gasteiger partial charge in [-0.3, -0.25) is 4.79 Å². The number of hydrogen-bond acceptors (Lipinski definition) is 2. The number of carbonyl (C=O) groups is 1. The predicted octanol–water partition coefficient (Wildman–Crippen LogP) is 1.59. The third kappa shape index (κ3) is 5.75. The average Bonchev–Trinajstić information content (AvgIpc) is 2.16. The molecule has 0 aromatic carbocycles. The molecule has 1 unspecified atom stereocenters. The third-order valence-electron chi connectivity index (χ3n) is 2.22. The van der Waals surface area contributed by atoms with Crippen LogP contribution in [0.4, 0.5) is 0 Å². The van der Waals surface area contributed by atoms with Crippen molar-refractivity contribution < 1.29 is 4.79 Å². The number of carbonyl (C=O) groups excluding carboxylic acids is 1. The Morgan fingerprint density at radius 3 is 2.57 bits per heavy atom. The molecule has 0 saturated carbocycles.